The summed E-state index contributed by atoms with van der Waals surface area (Å²) in [7, 11) is 0. The lowest BCUT2D eigenvalue weighted by Crippen LogP contribution is -2.18. The number of rotatable bonds is 4. The summed E-state index contributed by atoms with van der Waals surface area (Å²) >= 11 is 0. The molecule has 0 fully saturated rings. The highest BCUT2D eigenvalue weighted by atomic mass is 16.2. The molecule has 0 aromatic carbocycles. The molecule has 0 bridgehead atoms. The number of carbonyl (C=O) groups excluding carboxylic acids is 1. The Balaban J connectivity index is 2.22. The molecule has 0 saturated carbocycles. The quantitative estimate of drug-likeness (QED) is 0.796. The van der Waals surface area contributed by atoms with Crippen LogP contribution in [0.25, 0.3) is 0 Å². The van der Waals surface area contributed by atoms with Crippen molar-refractivity contribution in [1.82, 2.24) is 20.0 Å². The van der Waals surface area contributed by atoms with Crippen molar-refractivity contribution in [3.63, 3.8) is 0 Å². The molecule has 7 heteroatoms. The molecule has 1 amide bonds. The number of hydrogen-bond acceptors (Lipinski definition) is 4. The third-order valence-electron chi connectivity index (χ3n) is 3.03. The number of hydrogen-bond donors (Lipinski definition) is 3. The standard InChI is InChI=1S/C13H20N6O/c1-7(2)11-10(14)12(18-17-11)13(20)16-9-5-6-15-19(9)8(3)4/h5-8H,14H2,1-4H3,(H,16,20)(H,17,18). The van der Waals surface area contributed by atoms with Crippen LogP contribution in [0.15, 0.2) is 12.3 Å². The fourth-order valence-electron chi connectivity index (χ4n) is 1.98. The minimum atomic E-state index is -0.340. The molecule has 0 atom stereocenters. The fraction of sp³-hybridized carbons (Fsp3) is 0.462. The number of aromatic nitrogens is 4. The Morgan fingerprint density at radius 3 is 2.65 bits per heavy atom. The highest BCUT2D eigenvalue weighted by Gasteiger charge is 2.20. The van der Waals surface area contributed by atoms with Crippen molar-refractivity contribution < 1.29 is 4.79 Å². The zero-order valence-corrected chi connectivity index (χ0v) is 12.1. The lowest BCUT2D eigenvalue weighted by molar-refractivity contribution is 0.102. The molecule has 2 rings (SSSR count). The van der Waals surface area contributed by atoms with Crippen LogP contribution in [0, 0.1) is 0 Å². The lowest BCUT2D eigenvalue weighted by Gasteiger charge is -2.11. The van der Waals surface area contributed by atoms with Crippen molar-refractivity contribution in [3.8, 4) is 0 Å². The van der Waals surface area contributed by atoms with E-state index in [2.05, 4.69) is 20.6 Å². The van der Waals surface area contributed by atoms with Crippen LogP contribution >= 0.6 is 0 Å². The second-order valence-electron chi connectivity index (χ2n) is 5.26. The first-order valence-electron chi connectivity index (χ1n) is 6.60. The van der Waals surface area contributed by atoms with Crippen molar-refractivity contribution in [1.29, 1.82) is 0 Å². The van der Waals surface area contributed by atoms with Gasteiger partial charge in [-0.05, 0) is 19.8 Å². The molecule has 2 aromatic heterocycles. The average Bonchev–Trinajstić information content (AvgIpc) is 2.95. The number of H-pyrrole nitrogens is 1. The van der Waals surface area contributed by atoms with Crippen molar-refractivity contribution in [2.75, 3.05) is 11.1 Å². The van der Waals surface area contributed by atoms with Crippen LogP contribution in [0.4, 0.5) is 11.5 Å². The van der Waals surface area contributed by atoms with Crippen molar-refractivity contribution in [3.05, 3.63) is 23.7 Å². The number of nitrogens with zero attached hydrogens (tertiary/aromatic N) is 3. The average molecular weight is 276 g/mol. The molecule has 0 unspecified atom stereocenters. The van der Waals surface area contributed by atoms with E-state index >= 15 is 0 Å². The summed E-state index contributed by atoms with van der Waals surface area (Å²) in [5.41, 5.74) is 7.34. The van der Waals surface area contributed by atoms with E-state index in [1.165, 1.54) is 0 Å². The summed E-state index contributed by atoms with van der Waals surface area (Å²) in [4.78, 5) is 12.2. The highest BCUT2D eigenvalue weighted by molar-refractivity contribution is 6.06. The van der Waals surface area contributed by atoms with E-state index in [1.807, 2.05) is 27.7 Å². The summed E-state index contributed by atoms with van der Waals surface area (Å²) in [6.07, 6.45) is 1.64. The molecule has 2 heterocycles. The van der Waals surface area contributed by atoms with Crippen molar-refractivity contribution in [2.24, 2.45) is 0 Å². The summed E-state index contributed by atoms with van der Waals surface area (Å²) in [6, 6.07) is 1.90. The van der Waals surface area contributed by atoms with E-state index in [0.29, 0.717) is 11.5 Å². The van der Waals surface area contributed by atoms with Crippen molar-refractivity contribution in [2.45, 2.75) is 39.7 Å². The number of nitrogens with two attached hydrogens (primary N) is 1. The van der Waals surface area contributed by atoms with E-state index < -0.39 is 0 Å². The smallest absolute Gasteiger partial charge is 0.279 e. The molecule has 20 heavy (non-hydrogen) atoms. The Labute approximate surface area is 117 Å². The molecule has 0 saturated heterocycles. The summed E-state index contributed by atoms with van der Waals surface area (Å²) in [6.45, 7) is 7.95. The SMILES string of the molecule is CC(C)c1[nH]nc(C(=O)Nc2ccnn2C(C)C)c1N. The predicted octanol–water partition coefficient (Wildman–Crippen LogP) is 2.15. The van der Waals surface area contributed by atoms with Gasteiger partial charge in [0.2, 0.25) is 0 Å². The van der Waals surface area contributed by atoms with Gasteiger partial charge < -0.3 is 11.1 Å². The van der Waals surface area contributed by atoms with Gasteiger partial charge in [0.1, 0.15) is 5.82 Å². The zero-order valence-electron chi connectivity index (χ0n) is 12.1. The number of carbonyl (C=O) groups is 1. The summed E-state index contributed by atoms with van der Waals surface area (Å²) < 4.78 is 1.73. The summed E-state index contributed by atoms with van der Waals surface area (Å²) in [5.74, 6) is 0.469. The normalized spacial score (nSPS) is 11.3. The second kappa shape index (κ2) is 5.36. The molecule has 0 aliphatic rings. The second-order valence-corrected chi connectivity index (χ2v) is 5.26. The van der Waals surface area contributed by atoms with Gasteiger partial charge in [-0.1, -0.05) is 13.8 Å². The Morgan fingerprint density at radius 2 is 2.10 bits per heavy atom. The Kier molecular flexibility index (Phi) is 3.78. The number of amides is 1. The topological polar surface area (TPSA) is 102 Å². The van der Waals surface area contributed by atoms with Gasteiger partial charge in [0, 0.05) is 12.1 Å². The van der Waals surface area contributed by atoms with Crippen molar-refractivity contribution >= 4 is 17.4 Å². The van der Waals surface area contributed by atoms with Gasteiger partial charge in [0.15, 0.2) is 5.69 Å². The van der Waals surface area contributed by atoms with Gasteiger partial charge in [0.05, 0.1) is 17.6 Å². The van der Waals surface area contributed by atoms with Crippen LogP contribution in [-0.4, -0.2) is 25.9 Å². The lowest BCUT2D eigenvalue weighted by atomic mass is 10.1. The Hall–Kier alpha value is -2.31. The molecule has 7 nitrogen and oxygen atoms in total. The molecule has 0 aliphatic heterocycles. The third-order valence-corrected chi connectivity index (χ3v) is 3.03. The first kappa shape index (κ1) is 14.1. The maximum absolute atomic E-state index is 12.2. The number of nitrogens with one attached hydrogen (secondary N) is 2. The minimum Gasteiger partial charge on any atom is -0.395 e. The monoisotopic (exact) mass is 276 g/mol. The molecule has 0 radical (unpaired) electrons. The van der Waals surface area contributed by atoms with Gasteiger partial charge >= 0.3 is 0 Å². The van der Waals surface area contributed by atoms with Crippen LogP contribution in [-0.2, 0) is 0 Å². The van der Waals surface area contributed by atoms with E-state index in [1.54, 1.807) is 16.9 Å². The van der Waals surface area contributed by atoms with E-state index in [4.69, 9.17) is 5.73 Å². The first-order valence-corrected chi connectivity index (χ1v) is 6.60. The molecule has 4 N–H and O–H groups in total. The van der Waals surface area contributed by atoms with E-state index in [0.717, 1.165) is 5.69 Å². The molecule has 2 aromatic rings. The molecule has 0 aliphatic carbocycles. The number of anilines is 2. The number of nitrogen functional groups attached to an aromatic ring is 1. The molecular formula is C13H20N6O. The maximum atomic E-state index is 12.2. The summed E-state index contributed by atoms with van der Waals surface area (Å²) in [5, 5.41) is 13.8. The predicted molar refractivity (Wildman–Crippen MR) is 77.7 cm³/mol. The highest BCUT2D eigenvalue weighted by Crippen LogP contribution is 2.23. The van der Waals surface area contributed by atoms with Gasteiger partial charge in [-0.15, -0.1) is 0 Å². The third kappa shape index (κ3) is 2.52. The largest absolute Gasteiger partial charge is 0.395 e. The zero-order chi connectivity index (χ0) is 14.9. The molecular weight excluding hydrogens is 256 g/mol. The van der Waals surface area contributed by atoms with E-state index in [9.17, 15) is 4.79 Å². The molecule has 0 spiro atoms. The number of aromatic amines is 1. The Bertz CT molecular complexity index is 610. The van der Waals surface area contributed by atoms with Crippen LogP contribution in [0.1, 0.15) is 55.8 Å². The van der Waals surface area contributed by atoms with E-state index in [-0.39, 0.29) is 23.6 Å². The molecule has 108 valence electrons. The van der Waals surface area contributed by atoms with Crippen LogP contribution in [0.5, 0.6) is 0 Å². The fourth-order valence-corrected chi connectivity index (χ4v) is 1.98. The van der Waals surface area contributed by atoms with Gasteiger partial charge in [-0.3, -0.25) is 9.89 Å². The van der Waals surface area contributed by atoms with Crippen LogP contribution < -0.4 is 11.1 Å². The minimum absolute atomic E-state index is 0.156. The van der Waals surface area contributed by atoms with Crippen LogP contribution in [0.2, 0.25) is 0 Å². The van der Waals surface area contributed by atoms with Gasteiger partial charge in [-0.25, -0.2) is 4.68 Å². The Morgan fingerprint density at radius 1 is 1.40 bits per heavy atom. The van der Waals surface area contributed by atoms with Gasteiger partial charge in [0.25, 0.3) is 5.91 Å². The first-order chi connectivity index (χ1) is 9.41. The van der Waals surface area contributed by atoms with Crippen LogP contribution in [0.3, 0.4) is 0 Å². The maximum Gasteiger partial charge on any atom is 0.279 e. The van der Waals surface area contributed by atoms with Gasteiger partial charge in [-0.2, -0.15) is 10.2 Å².